The third-order valence-corrected chi connectivity index (χ3v) is 7.14. The topological polar surface area (TPSA) is 61.7 Å². The van der Waals surface area contributed by atoms with Crippen LogP contribution in [0.2, 0.25) is 0 Å². The molecule has 0 radical (unpaired) electrons. The van der Waals surface area contributed by atoms with Gasteiger partial charge in [0.1, 0.15) is 0 Å². The Morgan fingerprint density at radius 1 is 1.17 bits per heavy atom. The van der Waals surface area contributed by atoms with E-state index in [0.717, 1.165) is 12.1 Å². The minimum absolute atomic E-state index is 0.161. The molecular weight excluding hydrogens is 360 g/mol. The van der Waals surface area contributed by atoms with Crippen molar-refractivity contribution in [2.75, 3.05) is 0 Å². The van der Waals surface area contributed by atoms with Gasteiger partial charge in [-0.05, 0) is 59.3 Å². The van der Waals surface area contributed by atoms with Crippen molar-refractivity contribution >= 4 is 11.7 Å². The van der Waals surface area contributed by atoms with Crippen LogP contribution >= 0.6 is 0 Å². The lowest BCUT2D eigenvalue weighted by molar-refractivity contribution is -0.132. The van der Waals surface area contributed by atoms with Crippen LogP contribution in [0, 0.1) is 22.7 Å². The van der Waals surface area contributed by atoms with E-state index in [1.165, 1.54) is 24.0 Å². The SMILES string of the molecule is CC1(C)C=C2C=C3C=CCC(N/N=C4/C=CC(C(=O)O)=CC4)C3C(C)(C)C2CC1. The minimum atomic E-state index is -0.885. The Hall–Kier alpha value is -2.36. The Bertz CT molecular complexity index is 896. The minimum Gasteiger partial charge on any atom is -0.478 e. The molecule has 0 heterocycles. The van der Waals surface area contributed by atoms with Crippen LogP contribution in [0.3, 0.4) is 0 Å². The molecule has 0 saturated carbocycles. The van der Waals surface area contributed by atoms with E-state index in [2.05, 4.69) is 62.5 Å². The van der Waals surface area contributed by atoms with Gasteiger partial charge in [-0.2, -0.15) is 5.10 Å². The highest BCUT2D eigenvalue weighted by atomic mass is 16.4. The van der Waals surface area contributed by atoms with E-state index in [1.807, 2.05) is 6.08 Å². The fraction of sp³-hybridized carbons (Fsp3) is 0.520. The van der Waals surface area contributed by atoms with Gasteiger partial charge in [0.25, 0.3) is 0 Å². The first-order chi connectivity index (χ1) is 13.7. The van der Waals surface area contributed by atoms with Gasteiger partial charge in [-0.1, -0.05) is 58.1 Å². The largest absolute Gasteiger partial charge is 0.478 e. The molecule has 0 spiro atoms. The standard InChI is InChI=1S/C25H32N2O2/c1-24(2)13-12-20-18(15-24)14-17-6-5-7-21(22(17)25(20,3)4)27-26-19-10-8-16(9-11-19)23(28)29/h5-6,8-10,14-15,20-22,27H,7,11-13H2,1-4H3,(H,28,29)/b26-19-. The smallest absolute Gasteiger partial charge is 0.335 e. The fourth-order valence-corrected chi connectivity index (χ4v) is 5.64. The van der Waals surface area contributed by atoms with Crippen molar-refractivity contribution in [1.82, 2.24) is 5.43 Å². The van der Waals surface area contributed by atoms with E-state index < -0.39 is 5.97 Å². The predicted molar refractivity (Wildman–Crippen MR) is 118 cm³/mol. The second-order valence-electron chi connectivity index (χ2n) is 10.1. The number of nitrogens with one attached hydrogen (secondary N) is 1. The van der Waals surface area contributed by atoms with Gasteiger partial charge < -0.3 is 10.5 Å². The third kappa shape index (κ3) is 3.77. The second-order valence-corrected chi connectivity index (χ2v) is 10.1. The molecule has 2 N–H and O–H groups in total. The molecule has 4 nitrogen and oxygen atoms in total. The first-order valence-corrected chi connectivity index (χ1v) is 10.7. The number of nitrogens with zero attached hydrogens (tertiary/aromatic N) is 1. The molecular formula is C25H32N2O2. The monoisotopic (exact) mass is 392 g/mol. The molecule has 0 bridgehead atoms. The summed E-state index contributed by atoms with van der Waals surface area (Å²) in [6.45, 7) is 9.52. The van der Waals surface area contributed by atoms with Crippen LogP contribution in [-0.2, 0) is 4.79 Å². The Morgan fingerprint density at radius 2 is 1.97 bits per heavy atom. The van der Waals surface area contributed by atoms with E-state index in [4.69, 9.17) is 5.11 Å². The van der Waals surface area contributed by atoms with Crippen LogP contribution < -0.4 is 5.43 Å². The normalized spacial score (nSPS) is 33.2. The van der Waals surface area contributed by atoms with E-state index >= 15 is 0 Å². The molecule has 0 aromatic carbocycles. The number of rotatable bonds is 3. The maximum Gasteiger partial charge on any atom is 0.335 e. The van der Waals surface area contributed by atoms with Gasteiger partial charge in [0.2, 0.25) is 0 Å². The van der Waals surface area contributed by atoms with Gasteiger partial charge in [0, 0.05) is 12.3 Å². The van der Waals surface area contributed by atoms with Gasteiger partial charge in [0.05, 0.1) is 17.3 Å². The van der Waals surface area contributed by atoms with Crippen LogP contribution in [-0.4, -0.2) is 22.8 Å². The number of carboxylic acid groups (broad SMARTS) is 1. The van der Waals surface area contributed by atoms with Crippen molar-refractivity contribution in [1.29, 1.82) is 0 Å². The number of hydrogen-bond donors (Lipinski definition) is 2. The summed E-state index contributed by atoms with van der Waals surface area (Å²) in [6, 6.07) is 0.253. The molecule has 3 atom stereocenters. The van der Waals surface area contributed by atoms with Crippen LogP contribution in [0.15, 0.2) is 64.4 Å². The summed E-state index contributed by atoms with van der Waals surface area (Å²) in [5.74, 6) is 0.116. The van der Waals surface area contributed by atoms with Gasteiger partial charge in [-0.3, -0.25) is 0 Å². The molecule has 4 rings (SSSR count). The summed E-state index contributed by atoms with van der Waals surface area (Å²) < 4.78 is 0. The highest BCUT2D eigenvalue weighted by Gasteiger charge is 2.48. The maximum atomic E-state index is 11.1. The quantitative estimate of drug-likeness (QED) is 0.651. The lowest BCUT2D eigenvalue weighted by atomic mass is 9.53. The Kier molecular flexibility index (Phi) is 4.92. The summed E-state index contributed by atoms with van der Waals surface area (Å²) in [5, 5.41) is 13.7. The molecule has 29 heavy (non-hydrogen) atoms. The van der Waals surface area contributed by atoms with Crippen molar-refractivity contribution < 1.29 is 9.90 Å². The zero-order valence-electron chi connectivity index (χ0n) is 17.9. The van der Waals surface area contributed by atoms with Crippen LogP contribution in [0.1, 0.15) is 53.4 Å². The molecule has 4 aliphatic rings. The highest BCUT2D eigenvalue weighted by molar-refractivity contribution is 6.02. The number of hydrazone groups is 1. The van der Waals surface area contributed by atoms with Gasteiger partial charge in [0.15, 0.2) is 0 Å². The van der Waals surface area contributed by atoms with E-state index in [1.54, 1.807) is 12.2 Å². The molecule has 4 heteroatoms. The molecule has 0 aliphatic heterocycles. The van der Waals surface area contributed by atoms with Crippen LogP contribution in [0.4, 0.5) is 0 Å². The zero-order chi connectivity index (χ0) is 20.8. The van der Waals surface area contributed by atoms with Gasteiger partial charge >= 0.3 is 5.97 Å². The molecule has 0 saturated heterocycles. The summed E-state index contributed by atoms with van der Waals surface area (Å²) in [4.78, 5) is 11.1. The fourth-order valence-electron chi connectivity index (χ4n) is 5.64. The summed E-state index contributed by atoms with van der Waals surface area (Å²) in [7, 11) is 0. The first kappa shape index (κ1) is 19.9. The number of aliphatic carboxylic acids is 1. The van der Waals surface area contributed by atoms with Crippen molar-refractivity contribution in [2.24, 2.45) is 27.8 Å². The second kappa shape index (κ2) is 7.16. The Labute approximate surface area is 173 Å². The summed E-state index contributed by atoms with van der Waals surface area (Å²) in [5.41, 5.74) is 8.03. The third-order valence-electron chi connectivity index (χ3n) is 7.14. The van der Waals surface area contributed by atoms with E-state index in [-0.39, 0.29) is 16.9 Å². The molecule has 0 amide bonds. The summed E-state index contributed by atoms with van der Waals surface area (Å²) >= 11 is 0. The highest BCUT2D eigenvalue weighted by Crippen LogP contribution is 2.55. The van der Waals surface area contributed by atoms with Crippen molar-refractivity contribution in [2.45, 2.75) is 59.4 Å². The molecule has 0 fully saturated rings. The van der Waals surface area contributed by atoms with E-state index in [0.29, 0.717) is 23.8 Å². The van der Waals surface area contributed by atoms with Gasteiger partial charge in [-0.25, -0.2) is 4.79 Å². The lowest BCUT2D eigenvalue weighted by Crippen LogP contribution is -2.49. The average molecular weight is 393 g/mol. The van der Waals surface area contributed by atoms with Crippen molar-refractivity contribution in [3.05, 3.63) is 59.3 Å². The molecule has 0 aromatic heterocycles. The Morgan fingerprint density at radius 3 is 2.66 bits per heavy atom. The predicted octanol–water partition coefficient (Wildman–Crippen LogP) is 5.18. The lowest BCUT2D eigenvalue weighted by Gasteiger charge is -2.52. The van der Waals surface area contributed by atoms with Crippen LogP contribution in [0.5, 0.6) is 0 Å². The number of hydrogen-bond acceptors (Lipinski definition) is 3. The first-order valence-electron chi connectivity index (χ1n) is 10.7. The maximum absolute atomic E-state index is 11.1. The molecule has 3 unspecified atom stereocenters. The molecule has 154 valence electrons. The van der Waals surface area contributed by atoms with Crippen molar-refractivity contribution in [3.8, 4) is 0 Å². The van der Waals surface area contributed by atoms with E-state index in [9.17, 15) is 4.79 Å². The number of carboxylic acids is 1. The Balaban J connectivity index is 1.58. The summed E-state index contributed by atoms with van der Waals surface area (Å²) in [6.07, 6.45) is 18.6. The van der Waals surface area contributed by atoms with Crippen LogP contribution in [0.25, 0.3) is 0 Å². The number of allylic oxidation sites excluding steroid dienone is 6. The average Bonchev–Trinajstić information content (AvgIpc) is 2.65. The molecule has 4 aliphatic carbocycles. The molecule has 0 aromatic rings. The van der Waals surface area contributed by atoms with Gasteiger partial charge in [-0.15, -0.1) is 0 Å². The number of fused-ring (bicyclic) bond motifs is 2. The van der Waals surface area contributed by atoms with Crippen molar-refractivity contribution in [3.63, 3.8) is 0 Å². The number of carbonyl (C=O) groups is 1. The zero-order valence-corrected chi connectivity index (χ0v) is 17.9.